The molecule has 0 unspecified atom stereocenters. The van der Waals surface area contributed by atoms with E-state index in [4.69, 9.17) is 0 Å². The van der Waals surface area contributed by atoms with Gasteiger partial charge in [0.2, 0.25) is 5.69 Å². The Labute approximate surface area is 126 Å². The first-order valence-corrected chi connectivity index (χ1v) is 7.06. The van der Waals surface area contributed by atoms with E-state index in [-0.39, 0.29) is 11.4 Å². The highest BCUT2D eigenvalue weighted by molar-refractivity contribution is 5.51. The minimum absolute atomic E-state index is 0.0344. The van der Waals surface area contributed by atoms with Gasteiger partial charge < -0.3 is 4.90 Å². The molecule has 0 N–H and O–H groups in total. The lowest BCUT2D eigenvalue weighted by molar-refractivity contribution is -0.384. The number of hydrogen-bond donors (Lipinski definition) is 0. The van der Waals surface area contributed by atoms with Crippen LogP contribution >= 0.6 is 0 Å². The maximum Gasteiger partial charge on any atom is 0.271 e. The second-order valence-corrected chi connectivity index (χ2v) is 5.10. The Morgan fingerprint density at radius 2 is 2.00 bits per heavy atom. The van der Waals surface area contributed by atoms with Gasteiger partial charge in [0.05, 0.1) is 10.6 Å². The molecule has 0 amide bonds. The fourth-order valence-corrected chi connectivity index (χ4v) is 2.54. The van der Waals surface area contributed by atoms with Crippen LogP contribution in [-0.2, 0) is 0 Å². The second-order valence-electron chi connectivity index (χ2n) is 5.10. The van der Waals surface area contributed by atoms with Gasteiger partial charge in [-0.1, -0.05) is 6.07 Å². The molecule has 8 nitrogen and oxygen atoms in total. The molecule has 22 heavy (non-hydrogen) atoms. The quantitative estimate of drug-likeness (QED) is 0.634. The van der Waals surface area contributed by atoms with E-state index in [9.17, 15) is 15.4 Å². The monoisotopic (exact) mass is 298 g/mol. The molecule has 0 atom stereocenters. The third-order valence-corrected chi connectivity index (χ3v) is 3.63. The Kier molecular flexibility index (Phi) is 3.70. The normalized spacial score (nSPS) is 14.6. The number of benzene rings is 1. The maximum absolute atomic E-state index is 10.9. The van der Waals surface area contributed by atoms with Crippen molar-refractivity contribution in [1.82, 2.24) is 15.0 Å². The van der Waals surface area contributed by atoms with E-state index >= 15 is 0 Å². The summed E-state index contributed by atoms with van der Waals surface area (Å²) in [4.78, 5) is 13.7. The van der Waals surface area contributed by atoms with Crippen molar-refractivity contribution in [3.63, 3.8) is 0 Å². The number of nitrogens with zero attached hydrogens (tertiary/aromatic N) is 6. The predicted octanol–water partition coefficient (Wildman–Crippen LogP) is 2.04. The lowest BCUT2D eigenvalue weighted by Crippen LogP contribution is -2.30. The number of non-ortho nitro benzene ring substituents is 1. The summed E-state index contributed by atoms with van der Waals surface area (Å²) in [6, 6.07) is 8.09. The van der Waals surface area contributed by atoms with Crippen LogP contribution in [0.15, 0.2) is 24.3 Å². The van der Waals surface area contributed by atoms with Crippen LogP contribution < -0.4 is 4.90 Å². The summed E-state index contributed by atoms with van der Waals surface area (Å²) in [6.45, 7) is 1.70. The molecular weight excluding hydrogens is 284 g/mol. The first kappa shape index (κ1) is 14.0. The van der Waals surface area contributed by atoms with E-state index < -0.39 is 4.92 Å². The summed E-state index contributed by atoms with van der Waals surface area (Å²) in [7, 11) is 0. The van der Waals surface area contributed by atoms with Crippen molar-refractivity contribution in [1.29, 1.82) is 5.26 Å². The summed E-state index contributed by atoms with van der Waals surface area (Å²) >= 11 is 0. The lowest BCUT2D eigenvalue weighted by atomic mass is 10.1. The van der Waals surface area contributed by atoms with Crippen LogP contribution in [0.5, 0.6) is 0 Å². The maximum atomic E-state index is 10.9. The fraction of sp³-hybridized carbons (Fsp3) is 0.357. The van der Waals surface area contributed by atoms with Gasteiger partial charge in [0.1, 0.15) is 6.07 Å². The highest BCUT2D eigenvalue weighted by Crippen LogP contribution is 2.22. The number of aromatic nitrogens is 3. The minimum Gasteiger partial charge on any atom is -0.353 e. The van der Waals surface area contributed by atoms with Crippen molar-refractivity contribution >= 4 is 11.5 Å². The highest BCUT2D eigenvalue weighted by Gasteiger charge is 2.20. The molecule has 0 saturated carbocycles. The smallest absolute Gasteiger partial charge is 0.271 e. The first-order valence-electron chi connectivity index (χ1n) is 7.06. The van der Waals surface area contributed by atoms with Gasteiger partial charge in [-0.25, -0.2) is 0 Å². The summed E-state index contributed by atoms with van der Waals surface area (Å²) in [6.07, 6.45) is 3.31. The van der Waals surface area contributed by atoms with Gasteiger partial charge in [-0.15, -0.1) is 15.0 Å². The SMILES string of the molecule is N#Cc1nn(-c2cccc([N+](=O)[O-])c2)nc1N1CCCCC1. The van der Waals surface area contributed by atoms with Crippen LogP contribution in [0.4, 0.5) is 11.5 Å². The number of nitro benzene ring substituents is 1. The fourth-order valence-electron chi connectivity index (χ4n) is 2.54. The number of piperidine rings is 1. The van der Waals surface area contributed by atoms with Gasteiger partial charge in [-0.05, 0) is 25.3 Å². The standard InChI is InChI=1S/C14H14N6O2/c15-10-13-14(18-7-2-1-3-8-18)17-19(16-13)11-5-4-6-12(9-11)20(21)22/h4-6,9H,1-3,7-8H2. The zero-order valence-corrected chi connectivity index (χ0v) is 11.8. The zero-order chi connectivity index (χ0) is 15.5. The molecular formula is C14H14N6O2. The van der Waals surface area contributed by atoms with Gasteiger partial charge in [0.25, 0.3) is 5.69 Å². The van der Waals surface area contributed by atoms with Crippen molar-refractivity contribution in [2.75, 3.05) is 18.0 Å². The summed E-state index contributed by atoms with van der Waals surface area (Å²) in [5.41, 5.74) is 0.676. The molecule has 0 radical (unpaired) electrons. The third-order valence-electron chi connectivity index (χ3n) is 3.63. The van der Waals surface area contributed by atoms with Crippen LogP contribution in [-0.4, -0.2) is 33.0 Å². The molecule has 2 heterocycles. The van der Waals surface area contributed by atoms with Crippen molar-refractivity contribution < 1.29 is 4.92 Å². The average Bonchev–Trinajstić information content (AvgIpc) is 3.00. The lowest BCUT2D eigenvalue weighted by Gasteiger charge is -2.26. The molecule has 1 fully saturated rings. The first-order chi connectivity index (χ1) is 10.7. The molecule has 1 aromatic heterocycles. The minimum atomic E-state index is -0.469. The summed E-state index contributed by atoms with van der Waals surface area (Å²) in [5, 5.41) is 28.6. The topological polar surface area (TPSA) is 101 Å². The molecule has 112 valence electrons. The number of nitriles is 1. The van der Waals surface area contributed by atoms with E-state index in [1.807, 2.05) is 4.90 Å². The van der Waals surface area contributed by atoms with Gasteiger partial charge >= 0.3 is 0 Å². The average molecular weight is 298 g/mol. The number of nitro groups is 1. The Bertz CT molecular complexity index is 742. The molecule has 1 aliphatic heterocycles. The van der Waals surface area contributed by atoms with E-state index in [2.05, 4.69) is 16.3 Å². The molecule has 8 heteroatoms. The Hall–Kier alpha value is -2.95. The van der Waals surface area contributed by atoms with Crippen LogP contribution in [0.25, 0.3) is 5.69 Å². The summed E-state index contributed by atoms with van der Waals surface area (Å²) < 4.78 is 0. The zero-order valence-electron chi connectivity index (χ0n) is 11.8. The van der Waals surface area contributed by atoms with Crippen LogP contribution in [0.1, 0.15) is 25.0 Å². The van der Waals surface area contributed by atoms with Gasteiger partial charge in [-0.2, -0.15) is 5.26 Å². The van der Waals surface area contributed by atoms with Crippen LogP contribution in [0.2, 0.25) is 0 Å². The van der Waals surface area contributed by atoms with E-state index in [0.29, 0.717) is 11.5 Å². The Balaban J connectivity index is 1.98. The highest BCUT2D eigenvalue weighted by atomic mass is 16.6. The molecule has 0 bridgehead atoms. The van der Waals surface area contributed by atoms with E-state index in [1.54, 1.807) is 12.1 Å². The predicted molar refractivity (Wildman–Crippen MR) is 78.8 cm³/mol. The molecule has 1 aliphatic rings. The van der Waals surface area contributed by atoms with Gasteiger partial charge in [0.15, 0.2) is 5.82 Å². The third kappa shape index (κ3) is 2.61. The van der Waals surface area contributed by atoms with E-state index in [0.717, 1.165) is 25.9 Å². The molecule has 2 aromatic rings. The van der Waals surface area contributed by atoms with Crippen LogP contribution in [0, 0.1) is 21.4 Å². The summed E-state index contributed by atoms with van der Waals surface area (Å²) in [5.74, 6) is 0.550. The molecule has 0 spiro atoms. The molecule has 3 rings (SSSR count). The Morgan fingerprint density at radius 1 is 1.23 bits per heavy atom. The van der Waals surface area contributed by atoms with Crippen LogP contribution in [0.3, 0.4) is 0 Å². The van der Waals surface area contributed by atoms with Crippen molar-refractivity contribution in [3.05, 3.63) is 40.1 Å². The van der Waals surface area contributed by atoms with Crippen molar-refractivity contribution in [2.45, 2.75) is 19.3 Å². The van der Waals surface area contributed by atoms with Crippen molar-refractivity contribution in [3.8, 4) is 11.8 Å². The largest absolute Gasteiger partial charge is 0.353 e. The number of rotatable bonds is 3. The van der Waals surface area contributed by atoms with Gasteiger partial charge in [0, 0.05) is 25.2 Å². The molecule has 1 saturated heterocycles. The van der Waals surface area contributed by atoms with Gasteiger partial charge in [-0.3, -0.25) is 10.1 Å². The number of hydrogen-bond acceptors (Lipinski definition) is 6. The second kappa shape index (κ2) is 5.81. The van der Waals surface area contributed by atoms with Crippen molar-refractivity contribution in [2.24, 2.45) is 0 Å². The number of anilines is 1. The molecule has 0 aliphatic carbocycles. The van der Waals surface area contributed by atoms with E-state index in [1.165, 1.54) is 23.4 Å². The molecule has 1 aromatic carbocycles. The Morgan fingerprint density at radius 3 is 2.68 bits per heavy atom.